The number of nitrogens with zero attached hydrogens (tertiary/aromatic N) is 1. The highest BCUT2D eigenvalue weighted by molar-refractivity contribution is 7.89. The zero-order chi connectivity index (χ0) is 18.3. The Morgan fingerprint density at radius 3 is 2.40 bits per heavy atom. The number of anilines is 1. The SMILES string of the molecule is CCCC[C@@H](CC)C(=O)Nc1ccc(S(=O)(=O)N2CCOCC2)cc1. The lowest BCUT2D eigenvalue weighted by Crippen LogP contribution is -2.40. The molecule has 1 aromatic carbocycles. The van der Waals surface area contributed by atoms with Crippen LogP contribution in [0.3, 0.4) is 0 Å². The number of morpholine rings is 1. The minimum atomic E-state index is -3.50. The fourth-order valence-corrected chi connectivity index (χ4v) is 4.27. The normalized spacial score (nSPS) is 17.2. The number of benzene rings is 1. The Hall–Kier alpha value is -1.44. The second kappa shape index (κ2) is 9.31. The van der Waals surface area contributed by atoms with Gasteiger partial charge in [-0.3, -0.25) is 4.79 Å². The van der Waals surface area contributed by atoms with Crippen molar-refractivity contribution in [2.24, 2.45) is 5.92 Å². The number of unbranched alkanes of at least 4 members (excludes halogenated alkanes) is 1. The van der Waals surface area contributed by atoms with Crippen LogP contribution in [-0.2, 0) is 19.6 Å². The second-order valence-corrected chi connectivity index (χ2v) is 8.22. The maximum atomic E-state index is 12.6. The van der Waals surface area contributed by atoms with Gasteiger partial charge in [-0.05, 0) is 37.1 Å². The van der Waals surface area contributed by atoms with Gasteiger partial charge in [0.25, 0.3) is 0 Å². The van der Waals surface area contributed by atoms with Crippen LogP contribution in [0.5, 0.6) is 0 Å². The molecular weight excluding hydrogens is 340 g/mol. The van der Waals surface area contributed by atoms with Gasteiger partial charge in [0.1, 0.15) is 0 Å². The summed E-state index contributed by atoms with van der Waals surface area (Å²) in [7, 11) is -3.50. The molecule has 1 aliphatic heterocycles. The maximum Gasteiger partial charge on any atom is 0.243 e. The van der Waals surface area contributed by atoms with E-state index in [9.17, 15) is 13.2 Å². The van der Waals surface area contributed by atoms with Crippen LogP contribution in [0.25, 0.3) is 0 Å². The van der Waals surface area contributed by atoms with Crippen molar-refractivity contribution in [3.8, 4) is 0 Å². The molecule has 1 fully saturated rings. The van der Waals surface area contributed by atoms with E-state index >= 15 is 0 Å². The van der Waals surface area contributed by atoms with Crippen LogP contribution >= 0.6 is 0 Å². The summed E-state index contributed by atoms with van der Waals surface area (Å²) in [4.78, 5) is 12.6. The van der Waals surface area contributed by atoms with E-state index in [1.54, 1.807) is 24.3 Å². The van der Waals surface area contributed by atoms with E-state index in [0.29, 0.717) is 32.0 Å². The van der Waals surface area contributed by atoms with Gasteiger partial charge < -0.3 is 10.1 Å². The van der Waals surface area contributed by atoms with Crippen LogP contribution in [-0.4, -0.2) is 44.9 Å². The van der Waals surface area contributed by atoms with Crippen molar-refractivity contribution in [2.75, 3.05) is 31.6 Å². The molecule has 1 saturated heterocycles. The van der Waals surface area contributed by atoms with Gasteiger partial charge in [-0.2, -0.15) is 4.31 Å². The first-order valence-electron chi connectivity index (χ1n) is 8.97. The largest absolute Gasteiger partial charge is 0.379 e. The Morgan fingerprint density at radius 1 is 1.20 bits per heavy atom. The van der Waals surface area contributed by atoms with E-state index in [4.69, 9.17) is 4.74 Å². The molecule has 2 rings (SSSR count). The van der Waals surface area contributed by atoms with Gasteiger partial charge in [0.15, 0.2) is 0 Å². The number of hydrogen-bond acceptors (Lipinski definition) is 4. The molecule has 0 radical (unpaired) electrons. The molecule has 6 nitrogen and oxygen atoms in total. The standard InChI is InChI=1S/C18H28N2O4S/c1-3-5-6-15(4-2)18(21)19-16-7-9-17(10-8-16)25(22,23)20-11-13-24-14-12-20/h7-10,15H,3-6,11-14H2,1-2H3,(H,19,21)/t15-/m1/s1. The lowest BCUT2D eigenvalue weighted by molar-refractivity contribution is -0.120. The topological polar surface area (TPSA) is 75.7 Å². The fourth-order valence-electron chi connectivity index (χ4n) is 2.86. The Labute approximate surface area is 150 Å². The quantitative estimate of drug-likeness (QED) is 0.765. The molecule has 25 heavy (non-hydrogen) atoms. The van der Waals surface area contributed by atoms with Crippen molar-refractivity contribution in [1.82, 2.24) is 4.31 Å². The number of nitrogens with one attached hydrogen (secondary N) is 1. The Balaban J connectivity index is 2.02. The van der Waals surface area contributed by atoms with E-state index in [1.807, 2.05) is 6.92 Å². The molecule has 1 atom stereocenters. The summed E-state index contributed by atoms with van der Waals surface area (Å²) in [6, 6.07) is 6.40. The Morgan fingerprint density at radius 2 is 1.84 bits per heavy atom. The smallest absolute Gasteiger partial charge is 0.243 e. The molecule has 0 aliphatic carbocycles. The predicted molar refractivity (Wildman–Crippen MR) is 98.0 cm³/mol. The summed E-state index contributed by atoms with van der Waals surface area (Å²) in [5.74, 6) is -0.00329. The highest BCUT2D eigenvalue weighted by Crippen LogP contribution is 2.21. The van der Waals surface area contributed by atoms with E-state index in [1.165, 1.54) is 4.31 Å². The molecule has 0 saturated carbocycles. The molecule has 1 amide bonds. The van der Waals surface area contributed by atoms with Crippen molar-refractivity contribution in [2.45, 2.75) is 44.4 Å². The summed E-state index contributed by atoms with van der Waals surface area (Å²) in [6.45, 7) is 5.70. The molecule has 0 bridgehead atoms. The van der Waals surface area contributed by atoms with Crippen LogP contribution in [0.1, 0.15) is 39.5 Å². The molecular formula is C18H28N2O4S. The number of rotatable bonds is 8. The molecule has 1 heterocycles. The van der Waals surface area contributed by atoms with Crippen LogP contribution in [0.15, 0.2) is 29.2 Å². The van der Waals surface area contributed by atoms with Crippen LogP contribution < -0.4 is 5.32 Å². The summed E-state index contributed by atoms with van der Waals surface area (Å²) in [6.07, 6.45) is 3.78. The van der Waals surface area contributed by atoms with Crippen molar-refractivity contribution in [3.05, 3.63) is 24.3 Å². The first kappa shape index (κ1) is 19.9. The van der Waals surface area contributed by atoms with E-state index in [-0.39, 0.29) is 16.7 Å². The van der Waals surface area contributed by atoms with Crippen LogP contribution in [0.2, 0.25) is 0 Å². The number of ether oxygens (including phenoxy) is 1. The van der Waals surface area contributed by atoms with Crippen LogP contribution in [0.4, 0.5) is 5.69 Å². The van der Waals surface area contributed by atoms with Gasteiger partial charge in [-0.15, -0.1) is 0 Å². The molecule has 0 unspecified atom stereocenters. The third kappa shape index (κ3) is 5.26. The van der Waals surface area contributed by atoms with Crippen molar-refractivity contribution < 1.29 is 17.9 Å². The van der Waals surface area contributed by atoms with Crippen molar-refractivity contribution >= 4 is 21.6 Å². The van der Waals surface area contributed by atoms with Crippen molar-refractivity contribution in [1.29, 1.82) is 0 Å². The molecule has 1 aliphatic rings. The number of amides is 1. The lowest BCUT2D eigenvalue weighted by Gasteiger charge is -2.26. The highest BCUT2D eigenvalue weighted by atomic mass is 32.2. The summed E-state index contributed by atoms with van der Waals surface area (Å²) < 4.78 is 31.8. The average molecular weight is 368 g/mol. The Kier molecular flexibility index (Phi) is 7.40. The maximum absolute atomic E-state index is 12.6. The Bertz CT molecular complexity index is 652. The first-order chi connectivity index (χ1) is 12.0. The molecule has 140 valence electrons. The van der Waals surface area contributed by atoms with Gasteiger partial charge in [0.05, 0.1) is 18.1 Å². The minimum Gasteiger partial charge on any atom is -0.379 e. The summed E-state index contributed by atoms with van der Waals surface area (Å²) in [5.41, 5.74) is 0.626. The summed E-state index contributed by atoms with van der Waals surface area (Å²) in [5, 5.41) is 2.89. The van der Waals surface area contributed by atoms with Gasteiger partial charge in [-0.25, -0.2) is 8.42 Å². The monoisotopic (exact) mass is 368 g/mol. The second-order valence-electron chi connectivity index (χ2n) is 6.28. The minimum absolute atomic E-state index is 0.000244. The number of sulfonamides is 1. The average Bonchev–Trinajstić information content (AvgIpc) is 2.63. The van der Waals surface area contributed by atoms with Gasteiger partial charge in [0, 0.05) is 24.7 Å². The third-order valence-corrected chi connectivity index (χ3v) is 6.41. The number of carbonyl (C=O) groups excluding carboxylic acids is 1. The molecule has 0 spiro atoms. The number of hydrogen-bond donors (Lipinski definition) is 1. The zero-order valence-corrected chi connectivity index (χ0v) is 15.8. The zero-order valence-electron chi connectivity index (χ0n) is 15.0. The first-order valence-corrected chi connectivity index (χ1v) is 10.4. The molecule has 0 aromatic heterocycles. The van der Waals surface area contributed by atoms with E-state index in [0.717, 1.165) is 25.7 Å². The lowest BCUT2D eigenvalue weighted by atomic mass is 9.98. The molecule has 7 heteroatoms. The molecule has 1 N–H and O–H groups in total. The van der Waals surface area contributed by atoms with Crippen molar-refractivity contribution in [3.63, 3.8) is 0 Å². The highest BCUT2D eigenvalue weighted by Gasteiger charge is 2.26. The predicted octanol–water partition coefficient (Wildman–Crippen LogP) is 2.86. The third-order valence-electron chi connectivity index (χ3n) is 4.50. The van der Waals surface area contributed by atoms with Crippen LogP contribution in [0, 0.1) is 5.92 Å². The molecule has 1 aromatic rings. The van der Waals surface area contributed by atoms with E-state index < -0.39 is 10.0 Å². The fraction of sp³-hybridized carbons (Fsp3) is 0.611. The van der Waals surface area contributed by atoms with E-state index in [2.05, 4.69) is 12.2 Å². The van der Waals surface area contributed by atoms with Gasteiger partial charge in [-0.1, -0.05) is 26.7 Å². The number of carbonyl (C=O) groups is 1. The van der Waals surface area contributed by atoms with Gasteiger partial charge in [0.2, 0.25) is 15.9 Å². The summed E-state index contributed by atoms with van der Waals surface area (Å²) >= 11 is 0. The van der Waals surface area contributed by atoms with Gasteiger partial charge >= 0.3 is 0 Å².